The van der Waals surface area contributed by atoms with Gasteiger partial charge in [-0.15, -0.1) is 0 Å². The quantitative estimate of drug-likeness (QED) is 0.730. The summed E-state index contributed by atoms with van der Waals surface area (Å²) >= 11 is 3.41. The van der Waals surface area contributed by atoms with Gasteiger partial charge in [0.25, 0.3) is 0 Å². The molecule has 0 fully saturated rings. The summed E-state index contributed by atoms with van der Waals surface area (Å²) in [6.07, 6.45) is 1.69. The fourth-order valence-electron chi connectivity index (χ4n) is 2.01. The van der Waals surface area contributed by atoms with E-state index in [1.165, 1.54) is 0 Å². The van der Waals surface area contributed by atoms with Gasteiger partial charge < -0.3 is 14.9 Å². The van der Waals surface area contributed by atoms with E-state index in [-0.39, 0.29) is 0 Å². The molecule has 0 spiro atoms. The number of fused-ring (bicyclic) bond motifs is 1. The monoisotopic (exact) mass is 317 g/mol. The van der Waals surface area contributed by atoms with Crippen molar-refractivity contribution in [3.8, 4) is 5.75 Å². The Morgan fingerprint density at radius 3 is 2.84 bits per heavy atom. The van der Waals surface area contributed by atoms with Gasteiger partial charge in [0.2, 0.25) is 0 Å². The third-order valence-electron chi connectivity index (χ3n) is 2.90. The van der Waals surface area contributed by atoms with Gasteiger partial charge >= 0.3 is 0 Å². The molecule has 0 saturated carbocycles. The van der Waals surface area contributed by atoms with Crippen LogP contribution in [-0.2, 0) is 6.61 Å². The molecule has 2 aromatic carbocycles. The third-order valence-corrected chi connectivity index (χ3v) is 3.39. The van der Waals surface area contributed by atoms with Crippen molar-refractivity contribution in [1.29, 1.82) is 0 Å². The summed E-state index contributed by atoms with van der Waals surface area (Å²) in [6.45, 7) is 0.428. The van der Waals surface area contributed by atoms with Gasteiger partial charge in [-0.3, -0.25) is 0 Å². The van der Waals surface area contributed by atoms with Gasteiger partial charge in [0.1, 0.15) is 17.9 Å². The standard InChI is InChI=1S/C15H12BrNO2/c16-11-3-1-4-12(7-11)18-8-10-9-19-14-6-2-5-13(17)15(10)14/h1-7,9H,8,17H2. The Bertz CT molecular complexity index is 721. The first kappa shape index (κ1) is 12.1. The molecule has 19 heavy (non-hydrogen) atoms. The summed E-state index contributed by atoms with van der Waals surface area (Å²) < 4.78 is 12.2. The fourth-order valence-corrected chi connectivity index (χ4v) is 2.39. The van der Waals surface area contributed by atoms with Crippen molar-refractivity contribution in [2.24, 2.45) is 0 Å². The molecule has 3 rings (SSSR count). The van der Waals surface area contributed by atoms with Crippen LogP contribution >= 0.6 is 15.9 Å². The van der Waals surface area contributed by atoms with Crippen LogP contribution in [-0.4, -0.2) is 0 Å². The Morgan fingerprint density at radius 2 is 2.00 bits per heavy atom. The van der Waals surface area contributed by atoms with E-state index in [0.29, 0.717) is 12.3 Å². The lowest BCUT2D eigenvalue weighted by atomic mass is 10.1. The SMILES string of the molecule is Nc1cccc2occ(COc3cccc(Br)c3)c12. The molecule has 96 valence electrons. The van der Waals surface area contributed by atoms with Crippen LogP contribution in [0.1, 0.15) is 5.56 Å². The number of furan rings is 1. The molecule has 0 unspecified atom stereocenters. The van der Waals surface area contributed by atoms with Crippen LogP contribution in [0.15, 0.2) is 57.6 Å². The van der Waals surface area contributed by atoms with Crippen molar-refractivity contribution in [2.45, 2.75) is 6.61 Å². The number of nitrogens with two attached hydrogens (primary N) is 1. The molecule has 0 saturated heterocycles. The fraction of sp³-hybridized carbons (Fsp3) is 0.0667. The number of rotatable bonds is 3. The van der Waals surface area contributed by atoms with Gasteiger partial charge in [-0.2, -0.15) is 0 Å². The average molecular weight is 318 g/mol. The molecule has 0 atom stereocenters. The molecule has 0 aliphatic heterocycles. The molecule has 1 aromatic heterocycles. The van der Waals surface area contributed by atoms with E-state index in [0.717, 1.165) is 26.8 Å². The molecule has 0 bridgehead atoms. The van der Waals surface area contributed by atoms with Crippen LogP contribution in [0.4, 0.5) is 5.69 Å². The van der Waals surface area contributed by atoms with Gasteiger partial charge in [-0.05, 0) is 30.3 Å². The first-order valence-electron chi connectivity index (χ1n) is 5.87. The maximum atomic E-state index is 5.97. The van der Waals surface area contributed by atoms with Gasteiger partial charge in [-0.25, -0.2) is 0 Å². The van der Waals surface area contributed by atoms with Crippen LogP contribution in [0, 0.1) is 0 Å². The summed E-state index contributed by atoms with van der Waals surface area (Å²) in [5.41, 5.74) is 8.42. The zero-order valence-corrected chi connectivity index (χ0v) is 11.7. The smallest absolute Gasteiger partial charge is 0.136 e. The number of ether oxygens (including phenoxy) is 1. The van der Waals surface area contributed by atoms with Crippen molar-refractivity contribution < 1.29 is 9.15 Å². The molecule has 3 aromatic rings. The first-order valence-corrected chi connectivity index (χ1v) is 6.66. The minimum Gasteiger partial charge on any atom is -0.489 e. The Kier molecular flexibility index (Phi) is 3.17. The molecule has 0 aliphatic carbocycles. The Hall–Kier alpha value is -1.94. The molecule has 0 aliphatic rings. The second-order valence-electron chi connectivity index (χ2n) is 4.23. The van der Waals surface area contributed by atoms with E-state index in [2.05, 4.69) is 15.9 Å². The minimum absolute atomic E-state index is 0.428. The summed E-state index contributed by atoms with van der Waals surface area (Å²) in [4.78, 5) is 0. The predicted molar refractivity (Wildman–Crippen MR) is 79.1 cm³/mol. The van der Waals surface area contributed by atoms with Gasteiger partial charge in [-0.1, -0.05) is 28.1 Å². The highest BCUT2D eigenvalue weighted by Crippen LogP contribution is 2.28. The van der Waals surface area contributed by atoms with Crippen molar-refractivity contribution in [3.63, 3.8) is 0 Å². The van der Waals surface area contributed by atoms with Crippen molar-refractivity contribution in [2.75, 3.05) is 5.73 Å². The molecule has 2 N–H and O–H groups in total. The molecule has 1 heterocycles. The topological polar surface area (TPSA) is 48.4 Å². The van der Waals surface area contributed by atoms with Crippen LogP contribution < -0.4 is 10.5 Å². The van der Waals surface area contributed by atoms with Crippen molar-refractivity contribution in [1.82, 2.24) is 0 Å². The van der Waals surface area contributed by atoms with Gasteiger partial charge in [0.15, 0.2) is 0 Å². The molecular formula is C15H12BrNO2. The molecule has 4 heteroatoms. The summed E-state index contributed by atoms with van der Waals surface area (Å²) in [5.74, 6) is 0.804. The van der Waals surface area contributed by atoms with E-state index in [9.17, 15) is 0 Å². The van der Waals surface area contributed by atoms with Crippen molar-refractivity contribution >= 4 is 32.6 Å². The highest BCUT2D eigenvalue weighted by Gasteiger charge is 2.09. The summed E-state index contributed by atoms with van der Waals surface area (Å²) in [7, 11) is 0. The number of benzene rings is 2. The number of hydrogen-bond donors (Lipinski definition) is 1. The van der Waals surface area contributed by atoms with E-state index in [1.54, 1.807) is 6.26 Å². The molecule has 3 nitrogen and oxygen atoms in total. The van der Waals surface area contributed by atoms with E-state index in [4.69, 9.17) is 14.9 Å². The zero-order valence-electron chi connectivity index (χ0n) is 10.1. The van der Waals surface area contributed by atoms with Crippen LogP contribution in [0.2, 0.25) is 0 Å². The average Bonchev–Trinajstić information content (AvgIpc) is 2.81. The summed E-state index contributed by atoms with van der Waals surface area (Å²) in [6, 6.07) is 13.4. The lowest BCUT2D eigenvalue weighted by Gasteiger charge is -2.05. The maximum absolute atomic E-state index is 5.97. The maximum Gasteiger partial charge on any atom is 0.136 e. The highest BCUT2D eigenvalue weighted by molar-refractivity contribution is 9.10. The highest BCUT2D eigenvalue weighted by atomic mass is 79.9. The summed E-state index contributed by atoms with van der Waals surface area (Å²) in [5, 5.41) is 0.928. The predicted octanol–water partition coefficient (Wildman–Crippen LogP) is 4.36. The Balaban J connectivity index is 1.86. The van der Waals surface area contributed by atoms with Crippen molar-refractivity contribution in [3.05, 3.63) is 58.8 Å². The number of hydrogen-bond acceptors (Lipinski definition) is 3. The number of anilines is 1. The second kappa shape index (κ2) is 4.97. The zero-order chi connectivity index (χ0) is 13.2. The van der Waals surface area contributed by atoms with E-state index in [1.807, 2.05) is 42.5 Å². The van der Waals surface area contributed by atoms with Crippen LogP contribution in [0.5, 0.6) is 5.75 Å². The van der Waals surface area contributed by atoms with Gasteiger partial charge in [0.05, 0.1) is 6.26 Å². The Labute approximate surface area is 119 Å². The second-order valence-corrected chi connectivity index (χ2v) is 5.14. The normalized spacial score (nSPS) is 10.8. The van der Waals surface area contributed by atoms with Crippen LogP contribution in [0.25, 0.3) is 11.0 Å². The molecular weight excluding hydrogens is 306 g/mol. The van der Waals surface area contributed by atoms with E-state index >= 15 is 0 Å². The van der Waals surface area contributed by atoms with Crippen LogP contribution in [0.3, 0.4) is 0 Å². The number of halogens is 1. The third kappa shape index (κ3) is 2.44. The largest absolute Gasteiger partial charge is 0.489 e. The molecule has 0 amide bonds. The van der Waals surface area contributed by atoms with E-state index < -0.39 is 0 Å². The minimum atomic E-state index is 0.428. The first-order chi connectivity index (χ1) is 9.24. The Morgan fingerprint density at radius 1 is 1.16 bits per heavy atom. The molecule has 0 radical (unpaired) electrons. The number of nitrogen functional groups attached to an aromatic ring is 1. The van der Waals surface area contributed by atoms with Gasteiger partial charge in [0, 0.05) is 21.1 Å². The lowest BCUT2D eigenvalue weighted by molar-refractivity contribution is 0.306. The lowest BCUT2D eigenvalue weighted by Crippen LogP contribution is -1.95.